The standard InChI is InChI=1S/C21H20ClNO2.CO2/c1-3-4-16(24)12-15-6-7-17(13-19(15)22)25-21-9-10-23-20-11-14(2)5-8-18(20)21;2-1-3/h5-11,13H,3-4,12H2,1-2H3;. The molecule has 1 aromatic heterocycles. The average molecular weight is 398 g/mol. The van der Waals surface area contributed by atoms with Crippen molar-refractivity contribution in [2.45, 2.75) is 33.1 Å². The smallest absolute Gasteiger partial charge is 0.373 e. The van der Waals surface area contributed by atoms with Gasteiger partial charge in [0.05, 0.1) is 5.52 Å². The summed E-state index contributed by atoms with van der Waals surface area (Å²) < 4.78 is 6.01. The molecule has 0 radical (unpaired) electrons. The second-order valence-electron chi connectivity index (χ2n) is 6.23. The molecule has 0 spiro atoms. The van der Waals surface area contributed by atoms with Crippen molar-refractivity contribution >= 4 is 34.4 Å². The summed E-state index contributed by atoms with van der Waals surface area (Å²) in [5, 5.41) is 1.50. The van der Waals surface area contributed by atoms with Gasteiger partial charge in [0.15, 0.2) is 0 Å². The Balaban J connectivity index is 0.000000878. The number of Topliss-reactive ketones (excluding diaryl/α,β-unsaturated/α-hetero) is 1. The van der Waals surface area contributed by atoms with E-state index in [0.29, 0.717) is 23.6 Å². The number of rotatable bonds is 6. The van der Waals surface area contributed by atoms with Crippen LogP contribution in [0.15, 0.2) is 48.7 Å². The minimum Gasteiger partial charge on any atom is -0.457 e. The van der Waals surface area contributed by atoms with Gasteiger partial charge in [-0.1, -0.05) is 30.7 Å². The fourth-order valence-electron chi connectivity index (χ4n) is 2.76. The molecule has 1 heterocycles. The van der Waals surface area contributed by atoms with Crippen molar-refractivity contribution in [3.63, 3.8) is 0 Å². The van der Waals surface area contributed by atoms with Crippen molar-refractivity contribution in [2.24, 2.45) is 0 Å². The van der Waals surface area contributed by atoms with E-state index >= 15 is 0 Å². The number of benzene rings is 2. The van der Waals surface area contributed by atoms with Gasteiger partial charge in [-0.05, 0) is 54.8 Å². The Hall–Kier alpha value is -3.01. The van der Waals surface area contributed by atoms with Crippen LogP contribution in [0.3, 0.4) is 0 Å². The summed E-state index contributed by atoms with van der Waals surface area (Å²) >= 11 is 6.33. The molecule has 0 aliphatic heterocycles. The van der Waals surface area contributed by atoms with Crippen LogP contribution in [0.1, 0.15) is 30.9 Å². The SMILES string of the molecule is CCCC(=O)Cc1ccc(Oc2ccnc3cc(C)ccc23)cc1Cl.O=C=O. The Morgan fingerprint density at radius 3 is 2.57 bits per heavy atom. The highest BCUT2D eigenvalue weighted by atomic mass is 35.5. The number of carbonyl (C=O) groups is 1. The molecule has 6 heteroatoms. The molecule has 0 N–H and O–H groups in total. The molecule has 0 unspecified atom stereocenters. The maximum Gasteiger partial charge on any atom is 0.373 e. The third-order valence-corrected chi connectivity index (χ3v) is 4.38. The molecule has 0 fully saturated rings. The van der Waals surface area contributed by atoms with Crippen LogP contribution in [0.4, 0.5) is 0 Å². The molecule has 3 aromatic rings. The quantitative estimate of drug-likeness (QED) is 0.563. The van der Waals surface area contributed by atoms with Crippen molar-refractivity contribution in [2.75, 3.05) is 0 Å². The number of hydrogen-bond acceptors (Lipinski definition) is 5. The van der Waals surface area contributed by atoms with E-state index in [0.717, 1.165) is 34.2 Å². The zero-order chi connectivity index (χ0) is 20.5. The van der Waals surface area contributed by atoms with E-state index in [1.54, 1.807) is 12.3 Å². The average Bonchev–Trinajstić information content (AvgIpc) is 2.65. The third kappa shape index (κ3) is 5.74. The minimum absolute atomic E-state index is 0.202. The number of ketones is 1. The van der Waals surface area contributed by atoms with Gasteiger partial charge in [-0.15, -0.1) is 0 Å². The molecule has 0 bridgehead atoms. The summed E-state index contributed by atoms with van der Waals surface area (Å²) in [4.78, 5) is 32.5. The zero-order valence-electron chi connectivity index (χ0n) is 15.7. The van der Waals surface area contributed by atoms with Crippen LogP contribution >= 0.6 is 11.6 Å². The third-order valence-electron chi connectivity index (χ3n) is 4.03. The van der Waals surface area contributed by atoms with Gasteiger partial charge in [0, 0.05) is 29.4 Å². The van der Waals surface area contributed by atoms with Gasteiger partial charge in [0.2, 0.25) is 0 Å². The van der Waals surface area contributed by atoms with Gasteiger partial charge in [0.1, 0.15) is 17.3 Å². The Morgan fingerprint density at radius 2 is 1.89 bits per heavy atom. The van der Waals surface area contributed by atoms with E-state index in [1.807, 2.05) is 50.2 Å². The lowest BCUT2D eigenvalue weighted by atomic mass is 10.1. The number of ether oxygens (including phenoxy) is 1. The van der Waals surface area contributed by atoms with Gasteiger partial charge in [-0.25, -0.2) is 0 Å². The number of aryl methyl sites for hydroxylation is 1. The molecule has 5 nitrogen and oxygen atoms in total. The van der Waals surface area contributed by atoms with E-state index < -0.39 is 0 Å². The molecule has 144 valence electrons. The first-order valence-electron chi connectivity index (χ1n) is 8.81. The van der Waals surface area contributed by atoms with Crippen molar-refractivity contribution in [3.05, 3.63) is 64.8 Å². The topological polar surface area (TPSA) is 73.3 Å². The van der Waals surface area contributed by atoms with Crippen LogP contribution in [0.5, 0.6) is 11.5 Å². The minimum atomic E-state index is 0.202. The van der Waals surface area contributed by atoms with Crippen molar-refractivity contribution in [1.82, 2.24) is 4.98 Å². The maximum absolute atomic E-state index is 11.8. The summed E-state index contributed by atoms with van der Waals surface area (Å²) in [6.45, 7) is 4.03. The van der Waals surface area contributed by atoms with Crippen LogP contribution in [0.25, 0.3) is 10.9 Å². The predicted molar refractivity (Wildman–Crippen MR) is 107 cm³/mol. The number of pyridine rings is 1. The first-order valence-corrected chi connectivity index (χ1v) is 9.19. The molecule has 28 heavy (non-hydrogen) atoms. The fourth-order valence-corrected chi connectivity index (χ4v) is 3.00. The lowest BCUT2D eigenvalue weighted by molar-refractivity contribution is -0.191. The normalized spacial score (nSPS) is 9.96. The lowest BCUT2D eigenvalue weighted by Crippen LogP contribution is -2.02. The number of aromatic nitrogens is 1. The maximum atomic E-state index is 11.8. The Morgan fingerprint density at radius 1 is 1.14 bits per heavy atom. The van der Waals surface area contributed by atoms with Crippen LogP contribution in [-0.2, 0) is 20.8 Å². The summed E-state index contributed by atoms with van der Waals surface area (Å²) in [6.07, 6.45) is 3.78. The van der Waals surface area contributed by atoms with Crippen LogP contribution in [-0.4, -0.2) is 16.9 Å². The first kappa shape index (κ1) is 21.3. The number of fused-ring (bicyclic) bond motifs is 1. The number of carbonyl (C=O) groups excluding carboxylic acids is 3. The van der Waals surface area contributed by atoms with Crippen LogP contribution < -0.4 is 4.74 Å². The molecule has 0 aliphatic rings. The molecule has 0 aliphatic carbocycles. The highest BCUT2D eigenvalue weighted by Gasteiger charge is 2.10. The molecule has 0 saturated heterocycles. The Bertz CT molecular complexity index is 1010. The molecular formula is C22H20ClNO4. The van der Waals surface area contributed by atoms with Crippen molar-refractivity contribution in [1.29, 1.82) is 0 Å². The lowest BCUT2D eigenvalue weighted by Gasteiger charge is -2.11. The van der Waals surface area contributed by atoms with Crippen LogP contribution in [0.2, 0.25) is 5.02 Å². The van der Waals surface area contributed by atoms with Gasteiger partial charge >= 0.3 is 6.15 Å². The Labute approximate surface area is 168 Å². The molecule has 0 amide bonds. The second kappa shape index (κ2) is 10.4. The second-order valence-corrected chi connectivity index (χ2v) is 6.64. The molecule has 0 saturated carbocycles. The number of halogens is 1. The van der Waals surface area contributed by atoms with Gasteiger partial charge in [0.25, 0.3) is 0 Å². The molecule has 0 atom stereocenters. The predicted octanol–water partition coefficient (Wildman–Crippen LogP) is 5.32. The summed E-state index contributed by atoms with van der Waals surface area (Å²) in [5.74, 6) is 1.58. The highest BCUT2D eigenvalue weighted by Crippen LogP contribution is 2.31. The first-order chi connectivity index (χ1) is 13.5. The van der Waals surface area contributed by atoms with Crippen molar-refractivity contribution < 1.29 is 19.1 Å². The van der Waals surface area contributed by atoms with E-state index in [9.17, 15) is 4.79 Å². The highest BCUT2D eigenvalue weighted by molar-refractivity contribution is 6.31. The van der Waals surface area contributed by atoms with E-state index in [-0.39, 0.29) is 11.9 Å². The summed E-state index contributed by atoms with van der Waals surface area (Å²) in [6, 6.07) is 13.4. The van der Waals surface area contributed by atoms with Crippen molar-refractivity contribution in [3.8, 4) is 11.5 Å². The summed E-state index contributed by atoms with van der Waals surface area (Å²) in [5.41, 5.74) is 2.88. The van der Waals surface area contributed by atoms with Crippen LogP contribution in [0, 0.1) is 6.92 Å². The number of hydrogen-bond donors (Lipinski definition) is 0. The summed E-state index contributed by atoms with van der Waals surface area (Å²) in [7, 11) is 0. The molecular weight excluding hydrogens is 378 g/mol. The largest absolute Gasteiger partial charge is 0.457 e. The number of nitrogens with zero attached hydrogens (tertiary/aromatic N) is 1. The van der Waals surface area contributed by atoms with E-state index in [1.165, 1.54) is 0 Å². The Kier molecular flexibility index (Phi) is 7.88. The van der Waals surface area contributed by atoms with E-state index in [2.05, 4.69) is 4.98 Å². The van der Waals surface area contributed by atoms with Gasteiger partial charge in [-0.2, -0.15) is 9.59 Å². The van der Waals surface area contributed by atoms with Gasteiger partial charge in [-0.3, -0.25) is 9.78 Å². The molecule has 3 rings (SSSR count). The fraction of sp³-hybridized carbons (Fsp3) is 0.227. The zero-order valence-corrected chi connectivity index (χ0v) is 16.5. The monoisotopic (exact) mass is 397 g/mol. The molecule has 2 aromatic carbocycles. The van der Waals surface area contributed by atoms with Gasteiger partial charge < -0.3 is 4.74 Å². The van der Waals surface area contributed by atoms with E-state index in [4.69, 9.17) is 25.9 Å².